The number of rotatable bonds is 5. The number of fused-ring (bicyclic) bond motifs is 1. The lowest BCUT2D eigenvalue weighted by Gasteiger charge is -2.32. The van der Waals surface area contributed by atoms with E-state index in [1.807, 2.05) is 12.1 Å². The molecule has 1 aromatic heterocycles. The molecule has 0 aliphatic carbocycles. The fourth-order valence-corrected chi connectivity index (χ4v) is 4.88. The average Bonchev–Trinajstić information content (AvgIpc) is 3.11. The van der Waals surface area contributed by atoms with E-state index in [0.29, 0.717) is 0 Å². The Bertz CT molecular complexity index is 1010. The number of ether oxygens (including phenoxy) is 2. The Balaban J connectivity index is 1.84. The smallest absolute Gasteiger partial charge is 0.124 e. The van der Waals surface area contributed by atoms with Gasteiger partial charge in [-0.2, -0.15) is 0 Å². The van der Waals surface area contributed by atoms with Crippen LogP contribution in [0.1, 0.15) is 46.0 Å². The summed E-state index contributed by atoms with van der Waals surface area (Å²) in [7, 11) is 3.47. The molecule has 0 amide bonds. The van der Waals surface area contributed by atoms with Crippen molar-refractivity contribution in [3.8, 4) is 11.5 Å². The van der Waals surface area contributed by atoms with Crippen LogP contribution in [0.15, 0.2) is 48.7 Å². The van der Waals surface area contributed by atoms with Gasteiger partial charge in [0.1, 0.15) is 11.5 Å². The van der Waals surface area contributed by atoms with Crippen molar-refractivity contribution in [1.82, 2.24) is 9.47 Å². The third-order valence-electron chi connectivity index (χ3n) is 6.29. The summed E-state index contributed by atoms with van der Waals surface area (Å²) in [6, 6.07) is 15.2. The Morgan fingerprint density at radius 1 is 0.933 bits per heavy atom. The molecule has 158 valence electrons. The highest BCUT2D eigenvalue weighted by molar-refractivity contribution is 5.46. The lowest BCUT2D eigenvalue weighted by molar-refractivity contribution is 0.215. The van der Waals surface area contributed by atoms with Gasteiger partial charge in [0, 0.05) is 37.1 Å². The molecule has 4 nitrogen and oxygen atoms in total. The summed E-state index contributed by atoms with van der Waals surface area (Å²) in [6.45, 7) is 9.61. The standard InChI is InChI=1S/C26H32N2O2/c1-18-14-19(2)23(20(3)15-18)17-28-13-7-12-27-11-6-8-24(27)26(28)22-16-21(29-4)9-10-25(22)30-5/h6,8-11,14-16,26H,7,12-13,17H2,1-5H3. The fourth-order valence-electron chi connectivity index (χ4n) is 4.88. The molecule has 1 unspecified atom stereocenters. The largest absolute Gasteiger partial charge is 0.497 e. The molecule has 2 aromatic carbocycles. The number of hydrogen-bond donors (Lipinski definition) is 0. The van der Waals surface area contributed by atoms with Crippen LogP contribution in [0.3, 0.4) is 0 Å². The lowest BCUT2D eigenvalue weighted by Crippen LogP contribution is -2.30. The van der Waals surface area contributed by atoms with Gasteiger partial charge in [-0.05, 0) is 74.2 Å². The SMILES string of the molecule is COc1ccc(OC)c(C2c3cccn3CCCN2Cc2c(C)cc(C)cc2C)c1. The van der Waals surface area contributed by atoms with Gasteiger partial charge in [0.2, 0.25) is 0 Å². The van der Waals surface area contributed by atoms with Gasteiger partial charge in [0.05, 0.1) is 20.3 Å². The van der Waals surface area contributed by atoms with Crippen molar-refractivity contribution in [3.05, 3.63) is 82.2 Å². The van der Waals surface area contributed by atoms with Crippen LogP contribution in [-0.4, -0.2) is 30.2 Å². The maximum absolute atomic E-state index is 5.80. The quantitative estimate of drug-likeness (QED) is 0.568. The number of aromatic nitrogens is 1. The van der Waals surface area contributed by atoms with Crippen LogP contribution in [0.5, 0.6) is 11.5 Å². The third kappa shape index (κ3) is 3.84. The molecule has 0 N–H and O–H groups in total. The Hall–Kier alpha value is -2.72. The predicted molar refractivity (Wildman–Crippen MR) is 122 cm³/mol. The molecule has 0 radical (unpaired) electrons. The second-order valence-electron chi connectivity index (χ2n) is 8.34. The first-order valence-electron chi connectivity index (χ1n) is 10.7. The second kappa shape index (κ2) is 8.57. The molecule has 0 saturated heterocycles. The highest BCUT2D eigenvalue weighted by Crippen LogP contribution is 2.39. The minimum atomic E-state index is 0.104. The molecule has 3 aromatic rings. The maximum atomic E-state index is 5.80. The average molecular weight is 405 g/mol. The summed E-state index contributed by atoms with van der Waals surface area (Å²) in [5, 5.41) is 0. The zero-order valence-corrected chi connectivity index (χ0v) is 18.7. The summed E-state index contributed by atoms with van der Waals surface area (Å²) in [5.74, 6) is 1.76. The van der Waals surface area contributed by atoms with Crippen molar-refractivity contribution in [2.24, 2.45) is 0 Å². The van der Waals surface area contributed by atoms with E-state index < -0.39 is 0 Å². The van der Waals surface area contributed by atoms with Crippen molar-refractivity contribution in [2.75, 3.05) is 20.8 Å². The zero-order valence-electron chi connectivity index (χ0n) is 18.7. The molecule has 2 heterocycles. The fraction of sp³-hybridized carbons (Fsp3) is 0.385. The van der Waals surface area contributed by atoms with Gasteiger partial charge in [-0.25, -0.2) is 0 Å². The van der Waals surface area contributed by atoms with Crippen molar-refractivity contribution in [3.63, 3.8) is 0 Å². The van der Waals surface area contributed by atoms with Crippen LogP contribution >= 0.6 is 0 Å². The maximum Gasteiger partial charge on any atom is 0.124 e. The normalized spacial score (nSPS) is 16.8. The van der Waals surface area contributed by atoms with Crippen LogP contribution < -0.4 is 9.47 Å². The van der Waals surface area contributed by atoms with Gasteiger partial charge in [-0.1, -0.05) is 17.7 Å². The van der Waals surface area contributed by atoms with Gasteiger partial charge < -0.3 is 14.0 Å². The van der Waals surface area contributed by atoms with E-state index in [0.717, 1.165) is 43.1 Å². The van der Waals surface area contributed by atoms with Crippen molar-refractivity contribution >= 4 is 0 Å². The predicted octanol–water partition coefficient (Wildman–Crippen LogP) is 5.43. The molecule has 1 aliphatic rings. The first kappa shape index (κ1) is 20.5. The first-order valence-corrected chi connectivity index (χ1v) is 10.7. The van der Waals surface area contributed by atoms with Crippen LogP contribution in [-0.2, 0) is 13.1 Å². The number of aryl methyl sites for hydroxylation is 4. The Labute approximate surface area is 180 Å². The summed E-state index contributed by atoms with van der Waals surface area (Å²) >= 11 is 0. The molecule has 4 rings (SSSR count). The third-order valence-corrected chi connectivity index (χ3v) is 6.29. The Kier molecular flexibility index (Phi) is 5.87. The van der Waals surface area contributed by atoms with Crippen molar-refractivity contribution in [1.29, 1.82) is 0 Å². The molecule has 0 bridgehead atoms. The number of benzene rings is 2. The van der Waals surface area contributed by atoms with Gasteiger partial charge in [0.15, 0.2) is 0 Å². The van der Waals surface area contributed by atoms with E-state index >= 15 is 0 Å². The first-order chi connectivity index (χ1) is 14.5. The summed E-state index contributed by atoms with van der Waals surface area (Å²) in [5.41, 5.74) is 7.94. The van der Waals surface area contributed by atoms with E-state index in [4.69, 9.17) is 9.47 Å². The van der Waals surface area contributed by atoms with Crippen LogP contribution in [0.4, 0.5) is 0 Å². The minimum Gasteiger partial charge on any atom is -0.497 e. The highest BCUT2D eigenvalue weighted by Gasteiger charge is 2.30. The van der Waals surface area contributed by atoms with E-state index in [1.165, 1.54) is 27.9 Å². The molecule has 0 saturated carbocycles. The lowest BCUT2D eigenvalue weighted by atomic mass is 9.96. The molecule has 1 atom stereocenters. The minimum absolute atomic E-state index is 0.104. The van der Waals surface area contributed by atoms with Gasteiger partial charge >= 0.3 is 0 Å². The van der Waals surface area contributed by atoms with Crippen LogP contribution in [0, 0.1) is 20.8 Å². The van der Waals surface area contributed by atoms with Crippen LogP contribution in [0.25, 0.3) is 0 Å². The Morgan fingerprint density at radius 3 is 2.40 bits per heavy atom. The molecule has 1 aliphatic heterocycles. The van der Waals surface area contributed by atoms with Gasteiger partial charge in [-0.15, -0.1) is 0 Å². The summed E-state index contributed by atoms with van der Waals surface area (Å²) in [4.78, 5) is 2.60. The molecular weight excluding hydrogens is 372 g/mol. The van der Waals surface area contributed by atoms with Gasteiger partial charge in [0.25, 0.3) is 0 Å². The number of nitrogens with zero attached hydrogens (tertiary/aromatic N) is 2. The van der Waals surface area contributed by atoms with Crippen molar-refractivity contribution < 1.29 is 9.47 Å². The molecular formula is C26H32N2O2. The molecule has 0 fully saturated rings. The monoisotopic (exact) mass is 404 g/mol. The molecule has 0 spiro atoms. The van der Waals surface area contributed by atoms with E-state index in [2.05, 4.69) is 66.8 Å². The van der Waals surface area contributed by atoms with Crippen molar-refractivity contribution in [2.45, 2.75) is 46.3 Å². The zero-order chi connectivity index (χ0) is 21.3. The van der Waals surface area contributed by atoms with E-state index in [-0.39, 0.29) is 6.04 Å². The van der Waals surface area contributed by atoms with Crippen LogP contribution in [0.2, 0.25) is 0 Å². The highest BCUT2D eigenvalue weighted by atomic mass is 16.5. The van der Waals surface area contributed by atoms with E-state index in [9.17, 15) is 0 Å². The van der Waals surface area contributed by atoms with E-state index in [1.54, 1.807) is 14.2 Å². The number of methoxy groups -OCH3 is 2. The Morgan fingerprint density at radius 2 is 1.70 bits per heavy atom. The molecule has 4 heteroatoms. The topological polar surface area (TPSA) is 26.6 Å². The second-order valence-corrected chi connectivity index (χ2v) is 8.34. The summed E-state index contributed by atoms with van der Waals surface area (Å²) in [6.07, 6.45) is 3.31. The number of hydrogen-bond acceptors (Lipinski definition) is 3. The van der Waals surface area contributed by atoms with Gasteiger partial charge in [-0.3, -0.25) is 4.90 Å². The summed E-state index contributed by atoms with van der Waals surface area (Å²) < 4.78 is 13.8. The molecule has 30 heavy (non-hydrogen) atoms.